The number of amides is 2. The fourth-order valence-corrected chi connectivity index (χ4v) is 4.00. The normalized spacial score (nSPS) is 19.5. The van der Waals surface area contributed by atoms with E-state index in [-0.39, 0.29) is 37.0 Å². The minimum atomic E-state index is -1.67. The first-order valence-electron chi connectivity index (χ1n) is 10.6. The van der Waals surface area contributed by atoms with Gasteiger partial charge in [0.25, 0.3) is 11.8 Å². The molecule has 3 heterocycles. The average Bonchev–Trinajstić information content (AvgIpc) is 3.15. The molecular formula is C22H21F2N3O8. The zero-order valence-electron chi connectivity index (χ0n) is 18.6. The van der Waals surface area contributed by atoms with Gasteiger partial charge in [0.15, 0.2) is 11.9 Å². The molecule has 1 aromatic carbocycles. The number of fused-ring (bicyclic) bond motifs is 2. The molecule has 2 amide bonds. The minimum absolute atomic E-state index is 0.0167. The highest BCUT2D eigenvalue weighted by Crippen LogP contribution is 2.30. The third-order valence-corrected chi connectivity index (χ3v) is 5.59. The zero-order chi connectivity index (χ0) is 25.4. The van der Waals surface area contributed by atoms with Crippen LogP contribution in [0.2, 0.25) is 0 Å². The quantitative estimate of drug-likeness (QED) is 0.458. The molecule has 1 fully saturated rings. The van der Waals surface area contributed by atoms with Gasteiger partial charge in [0.2, 0.25) is 17.5 Å². The van der Waals surface area contributed by atoms with Crippen LogP contribution in [0.4, 0.5) is 13.6 Å². The Morgan fingerprint density at radius 1 is 1.31 bits per heavy atom. The van der Waals surface area contributed by atoms with E-state index < -0.39 is 58.9 Å². The summed E-state index contributed by atoms with van der Waals surface area (Å²) in [5.41, 5.74) is -1.64. The maximum atomic E-state index is 13.9. The van der Waals surface area contributed by atoms with Crippen LogP contribution < -0.4 is 15.5 Å². The first-order chi connectivity index (χ1) is 16.6. The predicted octanol–water partition coefficient (Wildman–Crippen LogP) is 1.68. The topological polar surface area (TPSA) is 136 Å². The van der Waals surface area contributed by atoms with E-state index in [4.69, 9.17) is 14.6 Å². The Labute approximate surface area is 196 Å². The second kappa shape index (κ2) is 9.33. The first-order valence-corrected chi connectivity index (χ1v) is 10.6. The van der Waals surface area contributed by atoms with Crippen molar-refractivity contribution >= 4 is 18.0 Å². The van der Waals surface area contributed by atoms with E-state index in [1.807, 2.05) is 0 Å². The molecule has 0 aliphatic carbocycles. The van der Waals surface area contributed by atoms with Crippen LogP contribution >= 0.6 is 0 Å². The second-order valence-corrected chi connectivity index (χ2v) is 8.04. The molecule has 0 bridgehead atoms. The Bertz CT molecular complexity index is 1260. The fourth-order valence-electron chi connectivity index (χ4n) is 4.00. The molecule has 2 aromatic rings. The van der Waals surface area contributed by atoms with E-state index in [2.05, 4.69) is 10.1 Å². The molecule has 3 atom stereocenters. The Kier molecular flexibility index (Phi) is 6.43. The summed E-state index contributed by atoms with van der Waals surface area (Å²) in [5.74, 6) is -3.74. The lowest BCUT2D eigenvalue weighted by Crippen LogP contribution is -2.49. The van der Waals surface area contributed by atoms with Crippen LogP contribution in [0.25, 0.3) is 0 Å². The van der Waals surface area contributed by atoms with Gasteiger partial charge in [0, 0.05) is 31.3 Å². The summed E-state index contributed by atoms with van der Waals surface area (Å²) in [6, 6.07) is 2.54. The molecule has 11 nitrogen and oxygen atoms in total. The molecule has 2 aliphatic heterocycles. The molecule has 35 heavy (non-hydrogen) atoms. The van der Waals surface area contributed by atoms with Crippen LogP contribution in [0.3, 0.4) is 0 Å². The minimum Gasteiger partial charge on any atom is -0.450 e. The summed E-state index contributed by atoms with van der Waals surface area (Å²) >= 11 is 0. The van der Waals surface area contributed by atoms with Gasteiger partial charge < -0.3 is 34.1 Å². The van der Waals surface area contributed by atoms with Crippen molar-refractivity contribution in [2.45, 2.75) is 45.5 Å². The van der Waals surface area contributed by atoms with Crippen molar-refractivity contribution in [1.82, 2.24) is 14.8 Å². The predicted molar refractivity (Wildman–Crippen MR) is 113 cm³/mol. The molecule has 4 rings (SSSR count). The second-order valence-electron chi connectivity index (χ2n) is 8.04. The van der Waals surface area contributed by atoms with Gasteiger partial charge >= 0.3 is 6.16 Å². The largest absolute Gasteiger partial charge is 0.508 e. The smallest absolute Gasteiger partial charge is 0.450 e. The lowest BCUT2D eigenvalue weighted by atomic mass is 10.1. The summed E-state index contributed by atoms with van der Waals surface area (Å²) in [4.78, 5) is 51.6. The molecule has 2 aliphatic rings. The van der Waals surface area contributed by atoms with E-state index in [1.165, 1.54) is 16.4 Å². The van der Waals surface area contributed by atoms with Crippen molar-refractivity contribution in [1.29, 1.82) is 0 Å². The number of halogens is 2. The van der Waals surface area contributed by atoms with Crippen LogP contribution in [0.15, 0.2) is 29.2 Å². The van der Waals surface area contributed by atoms with Crippen LogP contribution in [0.1, 0.15) is 40.3 Å². The zero-order valence-corrected chi connectivity index (χ0v) is 18.6. The molecule has 0 radical (unpaired) electrons. The fraction of sp³-hybridized carbons (Fsp3) is 0.364. The third kappa shape index (κ3) is 4.67. The number of nitrogens with one attached hydrogen (secondary N) is 1. The number of benzene rings is 1. The van der Waals surface area contributed by atoms with E-state index in [0.29, 0.717) is 6.07 Å². The van der Waals surface area contributed by atoms with Crippen molar-refractivity contribution < 1.29 is 42.5 Å². The molecule has 1 saturated heterocycles. The Balaban J connectivity index is 1.71. The van der Waals surface area contributed by atoms with Crippen molar-refractivity contribution in [3.8, 4) is 5.75 Å². The van der Waals surface area contributed by atoms with Gasteiger partial charge in [-0.25, -0.2) is 13.6 Å². The number of aromatic nitrogens is 1. The SMILES string of the molecule is CC(OC(=O)O)Oc1c2n(cc(C(=O)NCc3ccc(F)cc3F)c1=O)C[C@H]1OC[C@H](C)N1C2=O. The standard InChI is InChI=1S/C22H21F2N3O8/c1-10-9-33-16-8-26-7-14(20(29)25-6-12-3-4-13(23)5-15(12)24)18(28)19(17(26)21(30)27(10)16)34-11(2)35-22(31)32/h3-5,7,10-11,16H,6,8-9H2,1-2H3,(H,25,29)(H,31,32)/t10-,11?,16+/m0/s1. The highest BCUT2D eigenvalue weighted by molar-refractivity contribution is 5.99. The number of hydrogen-bond acceptors (Lipinski definition) is 7. The average molecular weight is 493 g/mol. The Morgan fingerprint density at radius 2 is 2.06 bits per heavy atom. The van der Waals surface area contributed by atoms with E-state index in [0.717, 1.165) is 18.3 Å². The number of rotatable bonds is 6. The van der Waals surface area contributed by atoms with Gasteiger partial charge in [-0.2, -0.15) is 0 Å². The highest BCUT2D eigenvalue weighted by atomic mass is 19.1. The van der Waals surface area contributed by atoms with Crippen molar-refractivity contribution in [2.75, 3.05) is 6.61 Å². The molecule has 2 N–H and O–H groups in total. The number of carboxylic acid groups (broad SMARTS) is 1. The van der Waals surface area contributed by atoms with Gasteiger partial charge in [-0.3, -0.25) is 14.4 Å². The van der Waals surface area contributed by atoms with Crippen LogP contribution in [-0.4, -0.2) is 57.7 Å². The van der Waals surface area contributed by atoms with E-state index >= 15 is 0 Å². The lowest BCUT2D eigenvalue weighted by molar-refractivity contribution is -0.0428. The molecular weight excluding hydrogens is 472 g/mol. The summed E-state index contributed by atoms with van der Waals surface area (Å²) in [6.07, 6.45) is -2.63. The molecule has 13 heteroatoms. The van der Waals surface area contributed by atoms with Gasteiger partial charge in [-0.1, -0.05) is 6.07 Å². The number of carbonyl (C=O) groups is 3. The third-order valence-electron chi connectivity index (χ3n) is 5.59. The summed E-state index contributed by atoms with van der Waals surface area (Å²) in [5, 5.41) is 11.2. The van der Waals surface area contributed by atoms with Gasteiger partial charge in [0.1, 0.15) is 17.2 Å². The first kappa shape index (κ1) is 24.1. The van der Waals surface area contributed by atoms with Crippen LogP contribution in [0.5, 0.6) is 5.75 Å². The number of nitrogens with zero attached hydrogens (tertiary/aromatic N) is 2. The summed E-state index contributed by atoms with van der Waals surface area (Å²) < 4.78 is 43.9. The monoisotopic (exact) mass is 493 g/mol. The summed E-state index contributed by atoms with van der Waals surface area (Å²) in [6.45, 7) is 2.95. The van der Waals surface area contributed by atoms with E-state index in [9.17, 15) is 28.0 Å². The Hall–Kier alpha value is -4.00. The molecule has 186 valence electrons. The number of ether oxygens (including phenoxy) is 3. The molecule has 0 spiro atoms. The summed E-state index contributed by atoms with van der Waals surface area (Å²) in [7, 11) is 0. The van der Waals surface area contributed by atoms with Crippen molar-refractivity contribution in [2.24, 2.45) is 0 Å². The number of pyridine rings is 1. The van der Waals surface area contributed by atoms with Gasteiger partial charge in [-0.05, 0) is 13.0 Å². The van der Waals surface area contributed by atoms with Crippen molar-refractivity contribution in [3.63, 3.8) is 0 Å². The highest BCUT2D eigenvalue weighted by Gasteiger charge is 2.43. The molecule has 1 aromatic heterocycles. The number of carbonyl (C=O) groups excluding carboxylic acids is 2. The van der Waals surface area contributed by atoms with Gasteiger partial charge in [-0.15, -0.1) is 0 Å². The number of hydrogen-bond donors (Lipinski definition) is 2. The lowest BCUT2D eigenvalue weighted by Gasteiger charge is -2.34. The molecule has 0 saturated carbocycles. The molecule has 1 unspecified atom stereocenters. The maximum Gasteiger partial charge on any atom is 0.508 e. The van der Waals surface area contributed by atoms with Crippen LogP contribution in [-0.2, 0) is 22.6 Å². The van der Waals surface area contributed by atoms with E-state index in [1.54, 1.807) is 6.92 Å². The van der Waals surface area contributed by atoms with Crippen LogP contribution in [0, 0.1) is 11.6 Å². The van der Waals surface area contributed by atoms with Crippen molar-refractivity contribution in [3.05, 3.63) is 63.1 Å². The maximum absolute atomic E-state index is 13.9. The Morgan fingerprint density at radius 3 is 2.74 bits per heavy atom. The van der Waals surface area contributed by atoms with Gasteiger partial charge in [0.05, 0.1) is 19.2 Å².